The quantitative estimate of drug-likeness (QED) is 0.493. The molecule has 1 fully saturated rings. The Bertz CT molecular complexity index is 1170. The van der Waals surface area contributed by atoms with Crippen molar-refractivity contribution in [3.8, 4) is 0 Å². The summed E-state index contributed by atoms with van der Waals surface area (Å²) in [5.74, 6) is -2.40. The van der Waals surface area contributed by atoms with Crippen molar-refractivity contribution in [3.05, 3.63) is 53.0 Å². The highest BCUT2D eigenvalue weighted by Gasteiger charge is 2.42. The number of benzene rings is 1. The van der Waals surface area contributed by atoms with Gasteiger partial charge in [-0.15, -0.1) is 0 Å². The lowest BCUT2D eigenvalue weighted by Crippen LogP contribution is -2.61. The molecule has 0 radical (unpaired) electrons. The maximum absolute atomic E-state index is 13.7. The van der Waals surface area contributed by atoms with E-state index < -0.39 is 41.0 Å². The molecule has 0 spiro atoms. The van der Waals surface area contributed by atoms with Crippen LogP contribution in [0.5, 0.6) is 0 Å². The average Bonchev–Trinajstić information content (AvgIpc) is 2.82. The minimum atomic E-state index is -4.84. The van der Waals surface area contributed by atoms with Crippen LogP contribution >= 0.6 is 0 Å². The molecule has 1 atom stereocenters. The Morgan fingerprint density at radius 3 is 2.71 bits per heavy atom. The predicted molar refractivity (Wildman–Crippen MR) is 119 cm³/mol. The normalized spacial score (nSPS) is 17.4. The van der Waals surface area contributed by atoms with Crippen LogP contribution in [0.3, 0.4) is 0 Å². The van der Waals surface area contributed by atoms with E-state index in [4.69, 9.17) is 0 Å². The minimum absolute atomic E-state index is 0.00318. The molecular weight excluding hydrogens is 470 g/mol. The second-order valence-corrected chi connectivity index (χ2v) is 8.34. The van der Waals surface area contributed by atoms with E-state index in [1.165, 1.54) is 12.3 Å². The Balaban J connectivity index is 1.54. The summed E-state index contributed by atoms with van der Waals surface area (Å²) in [6.45, 7) is 2.41. The van der Waals surface area contributed by atoms with E-state index in [0.717, 1.165) is 17.7 Å². The van der Waals surface area contributed by atoms with Gasteiger partial charge in [-0.3, -0.25) is 14.4 Å². The van der Waals surface area contributed by atoms with Gasteiger partial charge in [-0.25, -0.2) is 9.37 Å². The third kappa shape index (κ3) is 4.91. The van der Waals surface area contributed by atoms with Crippen molar-refractivity contribution in [1.82, 2.24) is 15.2 Å². The van der Waals surface area contributed by atoms with Crippen LogP contribution in [0.4, 0.5) is 29.1 Å². The molecule has 1 aromatic carbocycles. The number of anilines is 2. The zero-order chi connectivity index (χ0) is 25.3. The van der Waals surface area contributed by atoms with Crippen LogP contribution in [0.1, 0.15) is 46.0 Å². The van der Waals surface area contributed by atoms with Crippen LogP contribution < -0.4 is 15.5 Å². The van der Waals surface area contributed by atoms with Gasteiger partial charge in [0.15, 0.2) is 5.82 Å². The molecule has 2 aliphatic heterocycles. The van der Waals surface area contributed by atoms with E-state index in [-0.39, 0.29) is 31.1 Å². The first kappa shape index (κ1) is 24.4. The lowest BCUT2D eigenvalue weighted by Gasteiger charge is -2.44. The first-order chi connectivity index (χ1) is 16.6. The second kappa shape index (κ2) is 9.51. The number of carbonyl (C=O) groups is 3. The topological polar surface area (TPSA) is 94.6 Å². The van der Waals surface area contributed by atoms with Crippen molar-refractivity contribution in [2.75, 3.05) is 36.4 Å². The Kier molecular flexibility index (Phi) is 6.64. The van der Waals surface area contributed by atoms with E-state index in [9.17, 15) is 31.9 Å². The zero-order valence-corrected chi connectivity index (χ0v) is 18.8. The number of unbranched alkanes of at least 4 members (excludes halogenated alkanes) is 1. The molecule has 1 unspecified atom stereocenters. The Morgan fingerprint density at radius 1 is 1.23 bits per heavy atom. The van der Waals surface area contributed by atoms with Crippen molar-refractivity contribution in [1.29, 1.82) is 0 Å². The van der Waals surface area contributed by atoms with Gasteiger partial charge in [0, 0.05) is 25.8 Å². The standard InChI is InChI=1S/C23H23F4N5O3/c1-2-3-6-28-20(33)13-9-17-19(29-11-13)32-8-7-31(12-18(32)21(34)30-17)22(35)15-10-14(24)4-5-16(15)23(25,26)27/h4-5,9-11,18H,2-3,6-8,12H2,1H3,(H,28,33)(H,30,34). The molecule has 1 saturated heterocycles. The minimum Gasteiger partial charge on any atom is -0.352 e. The van der Waals surface area contributed by atoms with Crippen molar-refractivity contribution in [2.24, 2.45) is 0 Å². The van der Waals surface area contributed by atoms with E-state index in [0.29, 0.717) is 36.2 Å². The summed E-state index contributed by atoms with van der Waals surface area (Å²) in [7, 11) is 0. The summed E-state index contributed by atoms with van der Waals surface area (Å²) < 4.78 is 53.8. The largest absolute Gasteiger partial charge is 0.417 e. The van der Waals surface area contributed by atoms with E-state index in [1.807, 2.05) is 6.92 Å². The predicted octanol–water partition coefficient (Wildman–Crippen LogP) is 3.05. The zero-order valence-electron chi connectivity index (χ0n) is 18.8. The van der Waals surface area contributed by atoms with Crippen LogP contribution in [-0.4, -0.2) is 59.8 Å². The number of nitrogens with one attached hydrogen (secondary N) is 2. The van der Waals surface area contributed by atoms with Crippen molar-refractivity contribution in [2.45, 2.75) is 32.0 Å². The number of pyridine rings is 1. The fourth-order valence-electron chi connectivity index (χ4n) is 4.16. The molecule has 0 aliphatic carbocycles. The maximum atomic E-state index is 13.7. The number of nitrogens with zero attached hydrogens (tertiary/aromatic N) is 3. The number of halogens is 4. The van der Waals surface area contributed by atoms with Crippen LogP contribution in [0.25, 0.3) is 0 Å². The molecule has 2 N–H and O–H groups in total. The van der Waals surface area contributed by atoms with Gasteiger partial charge >= 0.3 is 6.18 Å². The first-order valence-corrected chi connectivity index (χ1v) is 11.1. The second-order valence-electron chi connectivity index (χ2n) is 8.34. The Morgan fingerprint density at radius 2 is 2.00 bits per heavy atom. The van der Waals surface area contributed by atoms with Gasteiger partial charge in [-0.05, 0) is 30.7 Å². The number of aromatic nitrogens is 1. The van der Waals surface area contributed by atoms with Gasteiger partial charge in [-0.1, -0.05) is 13.3 Å². The summed E-state index contributed by atoms with van der Waals surface area (Å²) in [5.41, 5.74) is -1.44. The highest BCUT2D eigenvalue weighted by Crippen LogP contribution is 2.35. The molecule has 2 aromatic rings. The van der Waals surface area contributed by atoms with Gasteiger partial charge in [0.25, 0.3) is 11.8 Å². The smallest absolute Gasteiger partial charge is 0.352 e. The number of hydrogen-bond donors (Lipinski definition) is 2. The monoisotopic (exact) mass is 493 g/mol. The van der Waals surface area contributed by atoms with Crippen LogP contribution in [0.15, 0.2) is 30.5 Å². The number of piperazine rings is 1. The summed E-state index contributed by atoms with van der Waals surface area (Å²) >= 11 is 0. The SMILES string of the molecule is CCCCNC(=O)c1cnc2c(c1)NC(=O)C1CN(C(=O)c3cc(F)ccc3C(F)(F)F)CCN21. The third-order valence-corrected chi connectivity index (χ3v) is 5.96. The molecule has 3 heterocycles. The summed E-state index contributed by atoms with van der Waals surface area (Å²) in [6, 6.07) is 2.34. The highest BCUT2D eigenvalue weighted by molar-refractivity contribution is 6.05. The molecule has 2 aliphatic rings. The Labute approximate surface area is 198 Å². The highest BCUT2D eigenvalue weighted by atomic mass is 19.4. The molecular formula is C23H23F4N5O3. The van der Waals surface area contributed by atoms with Crippen LogP contribution in [0, 0.1) is 5.82 Å². The fraction of sp³-hybridized carbons (Fsp3) is 0.391. The number of hydrogen-bond acceptors (Lipinski definition) is 5. The van der Waals surface area contributed by atoms with E-state index in [2.05, 4.69) is 15.6 Å². The number of fused-ring (bicyclic) bond motifs is 3. The first-order valence-electron chi connectivity index (χ1n) is 11.1. The molecule has 186 valence electrons. The number of amides is 3. The number of rotatable bonds is 5. The van der Waals surface area contributed by atoms with Gasteiger partial charge in [0.05, 0.1) is 28.9 Å². The number of alkyl halides is 3. The van der Waals surface area contributed by atoms with Crippen molar-refractivity contribution in [3.63, 3.8) is 0 Å². The Hall–Kier alpha value is -3.70. The molecule has 1 aromatic heterocycles. The maximum Gasteiger partial charge on any atom is 0.417 e. The van der Waals surface area contributed by atoms with E-state index >= 15 is 0 Å². The summed E-state index contributed by atoms with van der Waals surface area (Å²) in [6.07, 6.45) is -1.71. The molecule has 8 nitrogen and oxygen atoms in total. The van der Waals surface area contributed by atoms with Crippen LogP contribution in [0.2, 0.25) is 0 Å². The average molecular weight is 493 g/mol. The molecule has 35 heavy (non-hydrogen) atoms. The van der Waals surface area contributed by atoms with Gasteiger partial charge in [0.2, 0.25) is 5.91 Å². The van der Waals surface area contributed by atoms with Gasteiger partial charge in [-0.2, -0.15) is 13.2 Å². The molecule has 4 rings (SSSR count). The van der Waals surface area contributed by atoms with Crippen molar-refractivity contribution >= 4 is 29.2 Å². The summed E-state index contributed by atoms with van der Waals surface area (Å²) in [4.78, 5) is 45.1. The molecule has 0 saturated carbocycles. The van der Waals surface area contributed by atoms with Gasteiger partial charge < -0.3 is 20.4 Å². The van der Waals surface area contributed by atoms with Gasteiger partial charge in [0.1, 0.15) is 11.9 Å². The molecule has 12 heteroatoms. The fourth-order valence-corrected chi connectivity index (χ4v) is 4.16. The molecule has 0 bridgehead atoms. The summed E-state index contributed by atoms with van der Waals surface area (Å²) in [5, 5.41) is 5.44. The molecule has 3 amide bonds. The third-order valence-electron chi connectivity index (χ3n) is 5.96. The number of carbonyl (C=O) groups excluding carboxylic acids is 3. The van der Waals surface area contributed by atoms with Crippen LogP contribution in [-0.2, 0) is 11.0 Å². The van der Waals surface area contributed by atoms with E-state index in [1.54, 1.807) is 4.90 Å². The lowest BCUT2D eigenvalue weighted by atomic mass is 10.0. The van der Waals surface area contributed by atoms with Crippen molar-refractivity contribution < 1.29 is 31.9 Å². The lowest BCUT2D eigenvalue weighted by molar-refractivity contribution is -0.138.